The van der Waals surface area contributed by atoms with Crippen molar-refractivity contribution in [1.82, 2.24) is 5.32 Å². The third-order valence-electron chi connectivity index (χ3n) is 1.91. The second kappa shape index (κ2) is 7.95. The van der Waals surface area contributed by atoms with Gasteiger partial charge in [-0.2, -0.15) is 0 Å². The molecule has 1 aromatic carbocycles. The fourth-order valence-corrected chi connectivity index (χ4v) is 1.11. The first-order chi connectivity index (χ1) is 8.33. The minimum atomic E-state index is -0.134. The summed E-state index contributed by atoms with van der Waals surface area (Å²) in [6.07, 6.45) is 6.83. The Labute approximate surface area is 102 Å². The van der Waals surface area contributed by atoms with Crippen LogP contribution in [-0.4, -0.2) is 12.5 Å². The number of amides is 1. The number of hydrogen-bond donors (Lipinski definition) is 1. The first-order valence-electron chi connectivity index (χ1n) is 5.44. The molecule has 0 saturated carbocycles. The van der Waals surface area contributed by atoms with Crippen LogP contribution in [0.1, 0.15) is 12.5 Å². The van der Waals surface area contributed by atoms with Crippen LogP contribution in [0.2, 0.25) is 0 Å². The van der Waals surface area contributed by atoms with Crippen LogP contribution >= 0.6 is 0 Å². The van der Waals surface area contributed by atoms with E-state index in [0.29, 0.717) is 6.54 Å². The maximum Gasteiger partial charge on any atom is 0.244 e. The highest BCUT2D eigenvalue weighted by atomic mass is 16.1. The lowest BCUT2D eigenvalue weighted by molar-refractivity contribution is -0.116. The first kappa shape index (κ1) is 12.8. The molecule has 86 valence electrons. The SMILES string of the molecule is CC=CC=CC(=O)NCC#Cc1ccccc1. The normalized spacial score (nSPS) is 10.2. The molecule has 0 aromatic heterocycles. The Kier molecular flexibility index (Phi) is 5.98. The summed E-state index contributed by atoms with van der Waals surface area (Å²) in [4.78, 5) is 11.2. The smallest absolute Gasteiger partial charge is 0.244 e. The third-order valence-corrected chi connectivity index (χ3v) is 1.91. The van der Waals surface area contributed by atoms with Gasteiger partial charge in [-0.1, -0.05) is 48.3 Å². The van der Waals surface area contributed by atoms with E-state index >= 15 is 0 Å². The van der Waals surface area contributed by atoms with E-state index in [-0.39, 0.29) is 5.91 Å². The molecule has 17 heavy (non-hydrogen) atoms. The van der Waals surface area contributed by atoms with Gasteiger partial charge in [-0.05, 0) is 19.1 Å². The van der Waals surface area contributed by atoms with Crippen molar-refractivity contribution in [3.8, 4) is 11.8 Å². The van der Waals surface area contributed by atoms with Gasteiger partial charge in [0.2, 0.25) is 5.91 Å². The molecule has 2 nitrogen and oxygen atoms in total. The van der Waals surface area contributed by atoms with E-state index in [9.17, 15) is 4.79 Å². The molecule has 0 saturated heterocycles. The Bertz CT molecular complexity index is 461. The molecule has 0 unspecified atom stereocenters. The molecule has 0 aliphatic carbocycles. The molecular formula is C15H15NO. The van der Waals surface area contributed by atoms with Gasteiger partial charge in [-0.15, -0.1) is 0 Å². The molecule has 0 bridgehead atoms. The van der Waals surface area contributed by atoms with Crippen molar-refractivity contribution in [2.75, 3.05) is 6.54 Å². The zero-order valence-corrected chi connectivity index (χ0v) is 9.81. The van der Waals surface area contributed by atoms with Crippen LogP contribution in [-0.2, 0) is 4.79 Å². The van der Waals surface area contributed by atoms with Gasteiger partial charge in [0.1, 0.15) is 0 Å². The highest BCUT2D eigenvalue weighted by Gasteiger charge is 1.89. The molecule has 0 heterocycles. The number of carbonyl (C=O) groups excluding carboxylic acids is 1. The van der Waals surface area contributed by atoms with E-state index in [4.69, 9.17) is 0 Å². The minimum Gasteiger partial charge on any atom is -0.342 e. The average molecular weight is 225 g/mol. The van der Waals surface area contributed by atoms with Crippen LogP contribution in [0.4, 0.5) is 0 Å². The predicted octanol–water partition coefficient (Wildman–Crippen LogP) is 2.29. The Morgan fingerprint density at radius 1 is 1.29 bits per heavy atom. The zero-order chi connectivity index (χ0) is 12.3. The van der Waals surface area contributed by atoms with E-state index in [0.717, 1.165) is 5.56 Å². The maximum absolute atomic E-state index is 11.2. The standard InChI is InChI=1S/C15H15NO/c1-2-3-5-12-15(17)16-13-8-11-14-9-6-4-7-10-14/h2-7,9-10,12H,13H2,1H3,(H,16,17). The number of benzene rings is 1. The lowest BCUT2D eigenvalue weighted by Crippen LogP contribution is -2.20. The lowest BCUT2D eigenvalue weighted by atomic mass is 10.2. The Balaban J connectivity index is 2.33. The van der Waals surface area contributed by atoms with Gasteiger partial charge < -0.3 is 5.32 Å². The topological polar surface area (TPSA) is 29.1 Å². The van der Waals surface area contributed by atoms with Gasteiger partial charge in [-0.25, -0.2) is 0 Å². The molecular weight excluding hydrogens is 210 g/mol. The van der Waals surface area contributed by atoms with Gasteiger partial charge in [0.15, 0.2) is 0 Å². The summed E-state index contributed by atoms with van der Waals surface area (Å²) < 4.78 is 0. The molecule has 0 spiro atoms. The number of nitrogens with one attached hydrogen (secondary N) is 1. The summed E-state index contributed by atoms with van der Waals surface area (Å²) in [6.45, 7) is 2.25. The van der Waals surface area contributed by atoms with Gasteiger partial charge in [0, 0.05) is 11.6 Å². The van der Waals surface area contributed by atoms with E-state index in [1.165, 1.54) is 6.08 Å². The molecule has 0 atom stereocenters. The fourth-order valence-electron chi connectivity index (χ4n) is 1.11. The lowest BCUT2D eigenvalue weighted by Gasteiger charge is -1.93. The maximum atomic E-state index is 11.2. The van der Waals surface area contributed by atoms with Crippen molar-refractivity contribution in [1.29, 1.82) is 0 Å². The van der Waals surface area contributed by atoms with Crippen molar-refractivity contribution < 1.29 is 4.79 Å². The van der Waals surface area contributed by atoms with Gasteiger partial charge in [0.05, 0.1) is 6.54 Å². The van der Waals surface area contributed by atoms with E-state index in [1.54, 1.807) is 12.2 Å². The predicted molar refractivity (Wildman–Crippen MR) is 70.3 cm³/mol. The molecule has 1 amide bonds. The van der Waals surface area contributed by atoms with E-state index < -0.39 is 0 Å². The third kappa shape index (κ3) is 6.01. The summed E-state index contributed by atoms with van der Waals surface area (Å²) in [5.41, 5.74) is 0.950. The molecule has 0 aliphatic rings. The largest absolute Gasteiger partial charge is 0.342 e. The molecule has 0 aliphatic heterocycles. The van der Waals surface area contributed by atoms with Crippen LogP contribution in [0.15, 0.2) is 54.6 Å². The summed E-state index contributed by atoms with van der Waals surface area (Å²) in [7, 11) is 0. The van der Waals surface area contributed by atoms with E-state index in [1.807, 2.05) is 43.3 Å². The van der Waals surface area contributed by atoms with Crippen molar-refractivity contribution in [3.05, 3.63) is 60.2 Å². The zero-order valence-electron chi connectivity index (χ0n) is 9.81. The number of allylic oxidation sites excluding steroid dienone is 3. The van der Waals surface area contributed by atoms with Gasteiger partial charge >= 0.3 is 0 Å². The Morgan fingerprint density at radius 2 is 2.06 bits per heavy atom. The summed E-state index contributed by atoms with van der Waals surface area (Å²) in [5.74, 6) is 5.72. The van der Waals surface area contributed by atoms with Crippen LogP contribution < -0.4 is 5.32 Å². The monoisotopic (exact) mass is 225 g/mol. The number of rotatable bonds is 3. The first-order valence-corrected chi connectivity index (χ1v) is 5.44. The molecule has 2 heteroatoms. The minimum absolute atomic E-state index is 0.134. The van der Waals surface area contributed by atoms with Gasteiger partial charge in [0.25, 0.3) is 0 Å². The Hall–Kier alpha value is -2.27. The second-order valence-corrected chi connectivity index (χ2v) is 3.27. The van der Waals surface area contributed by atoms with Crippen LogP contribution in [0.5, 0.6) is 0 Å². The highest BCUT2D eigenvalue weighted by Crippen LogP contribution is 1.94. The van der Waals surface area contributed by atoms with Crippen LogP contribution in [0.3, 0.4) is 0 Å². The van der Waals surface area contributed by atoms with Crippen molar-refractivity contribution in [3.63, 3.8) is 0 Å². The second-order valence-electron chi connectivity index (χ2n) is 3.27. The molecule has 1 rings (SSSR count). The summed E-state index contributed by atoms with van der Waals surface area (Å²) in [6, 6.07) is 9.67. The molecule has 0 fully saturated rings. The quantitative estimate of drug-likeness (QED) is 0.477. The fraction of sp³-hybridized carbons (Fsp3) is 0.133. The van der Waals surface area contributed by atoms with Crippen LogP contribution in [0, 0.1) is 11.8 Å². The molecule has 1 aromatic rings. The highest BCUT2D eigenvalue weighted by molar-refractivity contribution is 5.87. The summed E-state index contributed by atoms with van der Waals surface area (Å²) in [5, 5.41) is 2.68. The number of hydrogen-bond acceptors (Lipinski definition) is 1. The van der Waals surface area contributed by atoms with Gasteiger partial charge in [-0.3, -0.25) is 4.79 Å². The average Bonchev–Trinajstić information content (AvgIpc) is 2.36. The van der Waals surface area contributed by atoms with Crippen molar-refractivity contribution >= 4 is 5.91 Å². The van der Waals surface area contributed by atoms with E-state index in [2.05, 4.69) is 17.2 Å². The molecule has 0 radical (unpaired) electrons. The number of carbonyl (C=O) groups is 1. The molecule has 1 N–H and O–H groups in total. The van der Waals surface area contributed by atoms with Crippen molar-refractivity contribution in [2.45, 2.75) is 6.92 Å². The van der Waals surface area contributed by atoms with Crippen LogP contribution in [0.25, 0.3) is 0 Å². The van der Waals surface area contributed by atoms with Crippen molar-refractivity contribution in [2.24, 2.45) is 0 Å². The summed E-state index contributed by atoms with van der Waals surface area (Å²) >= 11 is 0. The Morgan fingerprint density at radius 3 is 2.76 bits per heavy atom.